The summed E-state index contributed by atoms with van der Waals surface area (Å²) in [5.74, 6) is 0.494. The Morgan fingerprint density at radius 1 is 1.33 bits per heavy atom. The maximum absolute atomic E-state index is 10.9. The van der Waals surface area contributed by atoms with E-state index in [9.17, 15) is 4.79 Å². The molecule has 0 heterocycles. The number of hydrogen-bond acceptors (Lipinski definition) is 4. The molecule has 0 aliphatic carbocycles. The number of rotatable bonds is 7. The maximum atomic E-state index is 10.9. The van der Waals surface area contributed by atoms with E-state index in [-0.39, 0.29) is 0 Å². The number of methoxy groups -OCH3 is 2. The zero-order chi connectivity index (χ0) is 13.5. The molecule has 0 bridgehead atoms. The van der Waals surface area contributed by atoms with Crippen LogP contribution in [0.3, 0.4) is 0 Å². The Balaban J connectivity index is 2.70. The lowest BCUT2D eigenvalue weighted by Gasteiger charge is -2.12. The SMILES string of the molecule is CNC(CCc1ccc(OC)c(OC)c1)C(=O)O. The molecule has 1 atom stereocenters. The number of aliphatic carboxylic acids is 1. The van der Waals surface area contributed by atoms with Crippen molar-refractivity contribution in [3.05, 3.63) is 23.8 Å². The van der Waals surface area contributed by atoms with Gasteiger partial charge in [0.15, 0.2) is 11.5 Å². The Labute approximate surface area is 107 Å². The molecule has 2 N–H and O–H groups in total. The first kappa shape index (κ1) is 14.3. The number of ether oxygens (including phenoxy) is 2. The summed E-state index contributed by atoms with van der Waals surface area (Å²) in [5.41, 5.74) is 1.02. The summed E-state index contributed by atoms with van der Waals surface area (Å²) < 4.78 is 10.3. The van der Waals surface area contributed by atoms with Gasteiger partial charge in [-0.2, -0.15) is 0 Å². The molecule has 5 heteroatoms. The van der Waals surface area contributed by atoms with Gasteiger partial charge >= 0.3 is 5.97 Å². The van der Waals surface area contributed by atoms with Crippen LogP contribution in [0, 0.1) is 0 Å². The molecule has 100 valence electrons. The number of likely N-dealkylation sites (N-methyl/N-ethyl adjacent to an activating group) is 1. The molecule has 18 heavy (non-hydrogen) atoms. The van der Waals surface area contributed by atoms with E-state index in [0.717, 1.165) is 5.56 Å². The average Bonchev–Trinajstić information content (AvgIpc) is 2.38. The van der Waals surface area contributed by atoms with Crippen molar-refractivity contribution in [2.45, 2.75) is 18.9 Å². The highest BCUT2D eigenvalue weighted by Gasteiger charge is 2.14. The summed E-state index contributed by atoms with van der Waals surface area (Å²) in [4.78, 5) is 10.9. The molecule has 0 amide bonds. The van der Waals surface area contributed by atoms with Crippen LogP contribution in [-0.2, 0) is 11.2 Å². The minimum atomic E-state index is -0.835. The molecule has 0 spiro atoms. The highest BCUT2D eigenvalue weighted by molar-refractivity contribution is 5.73. The second-order valence-electron chi connectivity index (χ2n) is 3.91. The topological polar surface area (TPSA) is 67.8 Å². The number of carbonyl (C=O) groups is 1. The molecule has 0 saturated carbocycles. The monoisotopic (exact) mass is 253 g/mol. The minimum absolute atomic E-state index is 0.529. The van der Waals surface area contributed by atoms with Crippen LogP contribution < -0.4 is 14.8 Å². The molecular formula is C13H19NO4. The van der Waals surface area contributed by atoms with E-state index in [1.54, 1.807) is 21.3 Å². The fraction of sp³-hybridized carbons (Fsp3) is 0.462. The van der Waals surface area contributed by atoms with Gasteiger partial charge in [0.1, 0.15) is 6.04 Å². The van der Waals surface area contributed by atoms with Gasteiger partial charge in [0.05, 0.1) is 14.2 Å². The molecule has 0 aliphatic rings. The Morgan fingerprint density at radius 3 is 2.50 bits per heavy atom. The molecule has 1 rings (SSSR count). The van der Waals surface area contributed by atoms with Gasteiger partial charge < -0.3 is 19.9 Å². The lowest BCUT2D eigenvalue weighted by atomic mass is 10.0. The molecule has 1 aromatic carbocycles. The zero-order valence-electron chi connectivity index (χ0n) is 10.9. The van der Waals surface area contributed by atoms with Gasteiger partial charge in [-0.05, 0) is 37.6 Å². The third-order valence-electron chi connectivity index (χ3n) is 2.82. The first-order valence-electron chi connectivity index (χ1n) is 5.73. The van der Waals surface area contributed by atoms with E-state index in [0.29, 0.717) is 24.3 Å². The van der Waals surface area contributed by atoms with Crippen molar-refractivity contribution < 1.29 is 19.4 Å². The fourth-order valence-electron chi connectivity index (χ4n) is 1.74. The van der Waals surface area contributed by atoms with Gasteiger partial charge in [0.25, 0.3) is 0 Å². The lowest BCUT2D eigenvalue weighted by Crippen LogP contribution is -2.34. The number of carboxylic acid groups (broad SMARTS) is 1. The van der Waals surface area contributed by atoms with Crippen molar-refractivity contribution in [1.29, 1.82) is 0 Å². The van der Waals surface area contributed by atoms with Gasteiger partial charge in [-0.1, -0.05) is 6.07 Å². The third-order valence-corrected chi connectivity index (χ3v) is 2.82. The van der Waals surface area contributed by atoms with E-state index < -0.39 is 12.0 Å². The number of benzene rings is 1. The third kappa shape index (κ3) is 3.63. The predicted octanol–water partition coefficient (Wildman–Crippen LogP) is 1.31. The lowest BCUT2D eigenvalue weighted by molar-refractivity contribution is -0.139. The predicted molar refractivity (Wildman–Crippen MR) is 68.4 cm³/mol. The summed E-state index contributed by atoms with van der Waals surface area (Å²) in [6.07, 6.45) is 1.19. The second kappa shape index (κ2) is 6.86. The number of nitrogens with one attached hydrogen (secondary N) is 1. The van der Waals surface area contributed by atoms with Gasteiger partial charge in [-0.25, -0.2) is 0 Å². The molecule has 0 saturated heterocycles. The molecule has 0 aromatic heterocycles. The van der Waals surface area contributed by atoms with Gasteiger partial charge in [0.2, 0.25) is 0 Å². The molecule has 5 nitrogen and oxygen atoms in total. The van der Waals surface area contributed by atoms with Crippen LogP contribution in [0.15, 0.2) is 18.2 Å². The second-order valence-corrected chi connectivity index (χ2v) is 3.91. The number of hydrogen-bond donors (Lipinski definition) is 2. The van der Waals surface area contributed by atoms with Crippen molar-refractivity contribution in [1.82, 2.24) is 5.32 Å². The average molecular weight is 253 g/mol. The standard InChI is InChI=1S/C13H19NO4/c1-14-10(13(15)16)6-4-9-5-7-11(17-2)12(8-9)18-3/h5,7-8,10,14H,4,6H2,1-3H3,(H,15,16). The highest BCUT2D eigenvalue weighted by Crippen LogP contribution is 2.28. The van der Waals surface area contributed by atoms with Crippen molar-refractivity contribution in [3.8, 4) is 11.5 Å². The van der Waals surface area contributed by atoms with Crippen LogP contribution in [0.4, 0.5) is 0 Å². The molecule has 1 unspecified atom stereocenters. The first-order chi connectivity index (χ1) is 8.62. The van der Waals surface area contributed by atoms with Gasteiger partial charge in [-0.3, -0.25) is 4.79 Å². The van der Waals surface area contributed by atoms with E-state index in [2.05, 4.69) is 5.32 Å². The van der Waals surface area contributed by atoms with Crippen molar-refractivity contribution in [2.75, 3.05) is 21.3 Å². The molecule has 0 radical (unpaired) electrons. The Morgan fingerprint density at radius 2 is 2.00 bits per heavy atom. The smallest absolute Gasteiger partial charge is 0.320 e. The first-order valence-corrected chi connectivity index (χ1v) is 5.73. The van der Waals surface area contributed by atoms with Crippen molar-refractivity contribution in [3.63, 3.8) is 0 Å². The largest absolute Gasteiger partial charge is 0.493 e. The Kier molecular flexibility index (Phi) is 5.45. The van der Waals surface area contributed by atoms with Crippen LogP contribution in [0.25, 0.3) is 0 Å². The van der Waals surface area contributed by atoms with Crippen LogP contribution >= 0.6 is 0 Å². The maximum Gasteiger partial charge on any atom is 0.320 e. The Bertz CT molecular complexity index is 406. The minimum Gasteiger partial charge on any atom is -0.493 e. The molecule has 0 fully saturated rings. The number of aryl methyl sites for hydroxylation is 1. The van der Waals surface area contributed by atoms with E-state index in [1.807, 2.05) is 18.2 Å². The normalized spacial score (nSPS) is 11.9. The molecule has 1 aromatic rings. The Hall–Kier alpha value is -1.75. The highest BCUT2D eigenvalue weighted by atomic mass is 16.5. The fourth-order valence-corrected chi connectivity index (χ4v) is 1.74. The van der Waals surface area contributed by atoms with Crippen LogP contribution in [0.5, 0.6) is 11.5 Å². The van der Waals surface area contributed by atoms with Gasteiger partial charge in [0, 0.05) is 0 Å². The van der Waals surface area contributed by atoms with Crippen LogP contribution in [0.2, 0.25) is 0 Å². The summed E-state index contributed by atoms with van der Waals surface area (Å²) in [7, 11) is 4.81. The van der Waals surface area contributed by atoms with Crippen molar-refractivity contribution >= 4 is 5.97 Å². The molecule has 0 aliphatic heterocycles. The van der Waals surface area contributed by atoms with Gasteiger partial charge in [-0.15, -0.1) is 0 Å². The quantitative estimate of drug-likeness (QED) is 0.767. The van der Waals surface area contributed by atoms with E-state index >= 15 is 0 Å². The van der Waals surface area contributed by atoms with E-state index in [1.165, 1.54) is 0 Å². The summed E-state index contributed by atoms with van der Waals surface area (Å²) in [5, 5.41) is 11.7. The van der Waals surface area contributed by atoms with Crippen LogP contribution in [-0.4, -0.2) is 38.4 Å². The molecular weight excluding hydrogens is 234 g/mol. The summed E-state index contributed by atoms with van der Waals surface area (Å²) in [6, 6.07) is 5.07. The van der Waals surface area contributed by atoms with E-state index in [4.69, 9.17) is 14.6 Å². The zero-order valence-corrected chi connectivity index (χ0v) is 10.9. The van der Waals surface area contributed by atoms with Crippen LogP contribution in [0.1, 0.15) is 12.0 Å². The summed E-state index contributed by atoms with van der Waals surface area (Å²) in [6.45, 7) is 0. The number of carboxylic acids is 1. The van der Waals surface area contributed by atoms with Crippen molar-refractivity contribution in [2.24, 2.45) is 0 Å². The summed E-state index contributed by atoms with van der Waals surface area (Å²) >= 11 is 0.